The van der Waals surface area contributed by atoms with Crippen LogP contribution in [0.15, 0.2) is 24.3 Å². The van der Waals surface area contributed by atoms with Crippen LogP contribution >= 0.6 is 24.8 Å². The van der Waals surface area contributed by atoms with Crippen LogP contribution in [0.5, 0.6) is 0 Å². The van der Waals surface area contributed by atoms with Crippen molar-refractivity contribution in [2.45, 2.75) is 77.7 Å². The van der Waals surface area contributed by atoms with Crippen molar-refractivity contribution in [3.05, 3.63) is 24.3 Å². The van der Waals surface area contributed by atoms with Crippen molar-refractivity contribution in [2.24, 2.45) is 11.5 Å². The normalized spacial score (nSPS) is 11.5. The monoisotopic (exact) mass is 523 g/mol. The quantitative estimate of drug-likeness (QED) is 0.153. The summed E-state index contributed by atoms with van der Waals surface area (Å²) in [5, 5.41) is 5.80. The fourth-order valence-corrected chi connectivity index (χ4v) is 3.00. The fourth-order valence-electron chi connectivity index (χ4n) is 3.00. The van der Waals surface area contributed by atoms with E-state index in [1.807, 2.05) is 18.2 Å². The zero-order chi connectivity index (χ0) is 24.0. The highest BCUT2D eigenvalue weighted by molar-refractivity contribution is 5.85. The van der Waals surface area contributed by atoms with Crippen molar-refractivity contribution in [2.75, 3.05) is 32.7 Å². The summed E-state index contributed by atoms with van der Waals surface area (Å²) in [6.45, 7) is 6.39. The van der Waals surface area contributed by atoms with Gasteiger partial charge in [0.05, 0.1) is 6.04 Å². The van der Waals surface area contributed by atoms with E-state index >= 15 is 0 Å². The van der Waals surface area contributed by atoms with Gasteiger partial charge < -0.3 is 27.0 Å². The highest BCUT2D eigenvalue weighted by atomic mass is 35.5. The van der Waals surface area contributed by atoms with Gasteiger partial charge in [0.25, 0.3) is 0 Å². The Morgan fingerprint density at radius 3 is 1.74 bits per heavy atom. The number of rotatable bonds is 19. The van der Waals surface area contributed by atoms with E-state index in [9.17, 15) is 14.4 Å². The van der Waals surface area contributed by atoms with Crippen LogP contribution in [-0.4, -0.2) is 61.4 Å². The van der Waals surface area contributed by atoms with Crippen molar-refractivity contribution >= 4 is 42.5 Å². The Labute approximate surface area is 218 Å². The molecule has 0 aliphatic heterocycles. The molecule has 0 bridgehead atoms. The molecule has 34 heavy (non-hydrogen) atoms. The van der Waals surface area contributed by atoms with Gasteiger partial charge in [-0.05, 0) is 44.9 Å². The summed E-state index contributed by atoms with van der Waals surface area (Å²) >= 11 is 0. The maximum absolute atomic E-state index is 12.5. The first-order valence-electron chi connectivity index (χ1n) is 12.0. The molecule has 0 saturated carbocycles. The maximum Gasteiger partial charge on any atom is 0.240 e. The molecule has 6 N–H and O–H groups in total. The van der Waals surface area contributed by atoms with E-state index in [1.165, 1.54) is 0 Å². The summed E-state index contributed by atoms with van der Waals surface area (Å²) in [6, 6.07) is -0.717. The molecule has 0 fully saturated rings. The average molecular weight is 525 g/mol. The number of carbonyl (C=O) groups is 3. The Kier molecular flexibility index (Phi) is 28.3. The largest absolute Gasteiger partial charge is 0.356 e. The smallest absolute Gasteiger partial charge is 0.240 e. The molecule has 0 saturated heterocycles. The van der Waals surface area contributed by atoms with Gasteiger partial charge in [0, 0.05) is 45.6 Å². The van der Waals surface area contributed by atoms with Crippen molar-refractivity contribution in [1.29, 1.82) is 0 Å². The van der Waals surface area contributed by atoms with E-state index in [0.717, 1.165) is 38.5 Å². The zero-order valence-electron chi connectivity index (χ0n) is 20.9. The number of amides is 3. The molecule has 0 heterocycles. The second-order valence-corrected chi connectivity index (χ2v) is 7.76. The number of hydrogen-bond acceptors (Lipinski definition) is 5. The molecular weight excluding hydrogens is 477 g/mol. The van der Waals surface area contributed by atoms with Crippen LogP contribution in [0.2, 0.25) is 0 Å². The molecule has 0 aliphatic rings. The minimum Gasteiger partial charge on any atom is -0.356 e. The molecule has 0 aromatic carbocycles. The van der Waals surface area contributed by atoms with Crippen molar-refractivity contribution in [1.82, 2.24) is 15.5 Å². The predicted molar refractivity (Wildman–Crippen MR) is 145 cm³/mol. The predicted octanol–water partition coefficient (Wildman–Crippen LogP) is 2.84. The summed E-state index contributed by atoms with van der Waals surface area (Å²) in [4.78, 5) is 37.8. The topological polar surface area (TPSA) is 131 Å². The summed E-state index contributed by atoms with van der Waals surface area (Å²) in [6.07, 6.45) is 14.7. The third kappa shape index (κ3) is 21.0. The number of nitrogens with two attached hydrogens (primary N) is 2. The number of halogens is 2. The van der Waals surface area contributed by atoms with Gasteiger partial charge in [0.2, 0.25) is 17.7 Å². The van der Waals surface area contributed by atoms with Gasteiger partial charge in [-0.1, -0.05) is 38.2 Å². The summed E-state index contributed by atoms with van der Waals surface area (Å²) in [5.41, 5.74) is 11.4. The first-order valence-corrected chi connectivity index (χ1v) is 12.0. The Hall–Kier alpha value is -1.61. The van der Waals surface area contributed by atoms with Gasteiger partial charge in [-0.15, -0.1) is 24.8 Å². The molecule has 0 radical (unpaired) electrons. The standard InChI is InChI=1S/C24H45N5O3.2ClH/c1-3-5-7-9-14-22(30)27-16-11-12-18-29(24(32)21(26)20-25)19-13-17-28-23(31)15-10-8-6-4-2;;/h5-8,21H,3-4,9-20,25-26H2,1-2H3,(H,27,30)(H,28,31);2*1H/b7-5-,8-6-;;/t21-;;/m0../s1. The van der Waals surface area contributed by atoms with Gasteiger partial charge in [-0.2, -0.15) is 0 Å². The Morgan fingerprint density at radius 2 is 1.26 bits per heavy atom. The molecule has 1 atom stereocenters. The number of carbonyl (C=O) groups excluding carboxylic acids is 3. The lowest BCUT2D eigenvalue weighted by Crippen LogP contribution is -2.48. The molecule has 3 amide bonds. The molecule has 200 valence electrons. The average Bonchev–Trinajstić information content (AvgIpc) is 2.79. The molecule has 0 spiro atoms. The van der Waals surface area contributed by atoms with Crippen LogP contribution < -0.4 is 22.1 Å². The van der Waals surface area contributed by atoms with Crippen LogP contribution in [0.25, 0.3) is 0 Å². The van der Waals surface area contributed by atoms with Gasteiger partial charge in [-0.3, -0.25) is 14.4 Å². The van der Waals surface area contributed by atoms with E-state index in [1.54, 1.807) is 4.90 Å². The fraction of sp³-hybridized carbons (Fsp3) is 0.708. The Balaban J connectivity index is -0.00000480. The molecule has 10 heteroatoms. The van der Waals surface area contributed by atoms with E-state index in [2.05, 4.69) is 30.6 Å². The number of nitrogens with zero attached hydrogens (tertiary/aromatic N) is 1. The lowest BCUT2D eigenvalue weighted by Gasteiger charge is -2.25. The van der Waals surface area contributed by atoms with Crippen LogP contribution in [0, 0.1) is 0 Å². The summed E-state index contributed by atoms with van der Waals surface area (Å²) in [7, 11) is 0. The number of nitrogens with one attached hydrogen (secondary N) is 2. The van der Waals surface area contributed by atoms with E-state index < -0.39 is 6.04 Å². The van der Waals surface area contributed by atoms with Crippen LogP contribution in [0.1, 0.15) is 71.6 Å². The van der Waals surface area contributed by atoms with Gasteiger partial charge in [-0.25, -0.2) is 0 Å². The Morgan fingerprint density at radius 1 is 0.794 bits per heavy atom. The van der Waals surface area contributed by atoms with Crippen LogP contribution in [-0.2, 0) is 14.4 Å². The lowest BCUT2D eigenvalue weighted by atomic mass is 10.2. The summed E-state index contributed by atoms with van der Waals surface area (Å²) < 4.78 is 0. The van der Waals surface area contributed by atoms with Crippen LogP contribution in [0.4, 0.5) is 0 Å². The number of hydrogen-bond donors (Lipinski definition) is 4. The molecule has 8 nitrogen and oxygen atoms in total. The first-order chi connectivity index (χ1) is 15.5. The molecule has 0 aromatic rings. The Bertz CT molecular complexity index is 589. The third-order valence-electron chi connectivity index (χ3n) is 4.87. The van der Waals surface area contributed by atoms with Gasteiger partial charge >= 0.3 is 0 Å². The first kappa shape index (κ1) is 36.9. The minimum atomic E-state index is -0.717. The van der Waals surface area contributed by atoms with Crippen molar-refractivity contribution in [3.8, 4) is 0 Å². The highest BCUT2D eigenvalue weighted by Crippen LogP contribution is 2.01. The molecule has 0 rings (SSSR count). The van der Waals surface area contributed by atoms with E-state index in [0.29, 0.717) is 45.4 Å². The minimum absolute atomic E-state index is 0. The van der Waals surface area contributed by atoms with Gasteiger partial charge in [0.15, 0.2) is 0 Å². The van der Waals surface area contributed by atoms with E-state index in [-0.39, 0.29) is 49.1 Å². The lowest BCUT2D eigenvalue weighted by molar-refractivity contribution is -0.132. The van der Waals surface area contributed by atoms with Gasteiger partial charge in [0.1, 0.15) is 0 Å². The zero-order valence-corrected chi connectivity index (χ0v) is 22.6. The molecule has 0 aliphatic carbocycles. The summed E-state index contributed by atoms with van der Waals surface area (Å²) in [5.74, 6) is -0.108. The van der Waals surface area contributed by atoms with Crippen molar-refractivity contribution in [3.63, 3.8) is 0 Å². The molecule has 0 aromatic heterocycles. The van der Waals surface area contributed by atoms with E-state index in [4.69, 9.17) is 11.5 Å². The number of allylic oxidation sites excluding steroid dienone is 4. The molecule has 0 unspecified atom stereocenters. The number of unbranched alkanes of at least 4 members (excludes halogenated alkanes) is 1. The second kappa shape index (κ2) is 26.0. The van der Waals surface area contributed by atoms with Crippen LogP contribution in [0.3, 0.4) is 0 Å². The highest BCUT2D eigenvalue weighted by Gasteiger charge is 2.19. The SMILES string of the molecule is CC/C=C\CCC(=O)NCCCCN(CCCNC(=O)CC/C=C\CC)C(=O)[C@@H](N)CN.Cl.Cl. The maximum atomic E-state index is 12.5. The third-order valence-corrected chi connectivity index (χ3v) is 4.87. The molecular formula is C24H47Cl2N5O3. The van der Waals surface area contributed by atoms with Crippen molar-refractivity contribution < 1.29 is 14.4 Å². The second-order valence-electron chi connectivity index (χ2n) is 7.76.